The summed E-state index contributed by atoms with van der Waals surface area (Å²) in [5.74, 6) is -0.267. The number of allylic oxidation sites excluding steroid dienone is 1. The smallest absolute Gasteiger partial charge is 0.339 e. The van der Waals surface area contributed by atoms with Crippen LogP contribution in [0, 0.1) is 0 Å². The minimum absolute atomic E-state index is 0.113. The molecule has 1 atom stereocenters. The average Bonchev–Trinajstić information content (AvgIpc) is 3.12. The Bertz CT molecular complexity index is 756. The lowest BCUT2D eigenvalue weighted by Gasteiger charge is -2.28. The molecule has 2 aromatic carbocycles. The van der Waals surface area contributed by atoms with Gasteiger partial charge >= 0.3 is 5.97 Å². The first kappa shape index (κ1) is 17.5. The van der Waals surface area contributed by atoms with Crippen LogP contribution in [0.4, 0.5) is 0 Å². The molecule has 25 heavy (non-hydrogen) atoms. The Labute approximate surface area is 150 Å². The van der Waals surface area contributed by atoms with Gasteiger partial charge in [0.15, 0.2) is 5.60 Å². The quantitative estimate of drug-likeness (QED) is 0.512. The Morgan fingerprint density at radius 3 is 2.32 bits per heavy atom. The number of esters is 1. The lowest BCUT2D eigenvalue weighted by Crippen LogP contribution is -2.28. The third-order valence-electron chi connectivity index (χ3n) is 5.39. The maximum atomic E-state index is 12.8. The monoisotopic (exact) mass is 334 g/mol. The summed E-state index contributed by atoms with van der Waals surface area (Å²) in [7, 11) is 0. The van der Waals surface area contributed by atoms with Gasteiger partial charge in [0, 0.05) is 0 Å². The maximum absolute atomic E-state index is 12.8. The highest BCUT2D eigenvalue weighted by Crippen LogP contribution is 2.38. The van der Waals surface area contributed by atoms with Crippen LogP contribution in [0.5, 0.6) is 0 Å². The van der Waals surface area contributed by atoms with Gasteiger partial charge in [0.2, 0.25) is 0 Å². The molecular formula is C23H26O2. The molecule has 1 aliphatic carbocycles. The van der Waals surface area contributed by atoms with Crippen molar-refractivity contribution in [1.82, 2.24) is 0 Å². The zero-order valence-electron chi connectivity index (χ0n) is 15.3. The van der Waals surface area contributed by atoms with Gasteiger partial charge in [0.05, 0.1) is 5.56 Å². The molecule has 0 fully saturated rings. The molecule has 1 unspecified atom stereocenters. The van der Waals surface area contributed by atoms with Crippen molar-refractivity contribution in [2.45, 2.75) is 51.0 Å². The predicted octanol–water partition coefficient (Wildman–Crippen LogP) is 5.78. The maximum Gasteiger partial charge on any atom is 0.339 e. The van der Waals surface area contributed by atoms with Gasteiger partial charge in [-0.3, -0.25) is 0 Å². The summed E-state index contributed by atoms with van der Waals surface area (Å²) in [5.41, 5.74) is 2.35. The molecule has 0 bridgehead atoms. The number of rotatable bonds is 5. The molecule has 2 aromatic rings. The lowest BCUT2D eigenvalue weighted by molar-refractivity contribution is 0.00177. The highest BCUT2D eigenvalue weighted by Gasteiger charge is 2.36. The zero-order chi connectivity index (χ0) is 17.9. The van der Waals surface area contributed by atoms with Gasteiger partial charge in [-0.05, 0) is 54.0 Å². The molecule has 3 rings (SSSR count). The summed E-state index contributed by atoms with van der Waals surface area (Å²) in [6.45, 7) is 6.61. The first-order valence-electron chi connectivity index (χ1n) is 9.04. The molecular weight excluding hydrogens is 308 g/mol. The van der Waals surface area contributed by atoms with E-state index in [1.807, 2.05) is 60.7 Å². The summed E-state index contributed by atoms with van der Waals surface area (Å²) in [6.07, 6.45) is 6.89. The Morgan fingerprint density at radius 1 is 1.08 bits per heavy atom. The van der Waals surface area contributed by atoms with Crippen molar-refractivity contribution in [1.29, 1.82) is 0 Å². The van der Waals surface area contributed by atoms with Crippen LogP contribution in [-0.4, -0.2) is 5.97 Å². The number of benzene rings is 2. The molecule has 0 N–H and O–H groups in total. The second-order valence-corrected chi connectivity index (χ2v) is 7.40. The summed E-state index contributed by atoms with van der Waals surface area (Å²) in [5, 5.41) is 0. The van der Waals surface area contributed by atoms with E-state index in [9.17, 15) is 4.79 Å². The van der Waals surface area contributed by atoms with Crippen LogP contribution < -0.4 is 0 Å². The summed E-state index contributed by atoms with van der Waals surface area (Å²) in [4.78, 5) is 12.8. The summed E-state index contributed by atoms with van der Waals surface area (Å²) in [6, 6.07) is 17.8. The van der Waals surface area contributed by atoms with Gasteiger partial charge in [-0.1, -0.05) is 69.3 Å². The van der Waals surface area contributed by atoms with E-state index in [0.717, 1.165) is 24.8 Å². The van der Waals surface area contributed by atoms with E-state index >= 15 is 0 Å². The van der Waals surface area contributed by atoms with Gasteiger partial charge in [-0.25, -0.2) is 4.79 Å². The van der Waals surface area contributed by atoms with E-state index < -0.39 is 5.60 Å². The fourth-order valence-corrected chi connectivity index (χ4v) is 3.25. The van der Waals surface area contributed by atoms with Crippen molar-refractivity contribution in [3.63, 3.8) is 0 Å². The highest BCUT2D eigenvalue weighted by molar-refractivity contribution is 5.90. The van der Waals surface area contributed by atoms with Crippen molar-refractivity contribution >= 4 is 5.97 Å². The lowest BCUT2D eigenvalue weighted by atomic mass is 9.82. The molecule has 2 nitrogen and oxygen atoms in total. The van der Waals surface area contributed by atoms with Gasteiger partial charge in [-0.2, -0.15) is 0 Å². The molecule has 0 saturated carbocycles. The number of hydrogen-bond donors (Lipinski definition) is 0. The molecule has 0 radical (unpaired) electrons. The van der Waals surface area contributed by atoms with Crippen LogP contribution in [0.15, 0.2) is 66.7 Å². The van der Waals surface area contributed by atoms with Gasteiger partial charge in [0.25, 0.3) is 0 Å². The standard InChI is InChI=1S/C23H26O2/c1-4-22(2,3)19-14-12-18(13-15-19)21(24)25-23(16-8-9-17-23)20-10-6-5-7-11-20/h5-8,10-16H,4,9,17H2,1-3H3. The van der Waals surface area contributed by atoms with Crippen LogP contribution in [0.1, 0.15) is 61.5 Å². The predicted molar refractivity (Wildman–Crippen MR) is 102 cm³/mol. The van der Waals surface area contributed by atoms with Crippen LogP contribution in [0.25, 0.3) is 0 Å². The highest BCUT2D eigenvalue weighted by atomic mass is 16.6. The van der Waals surface area contributed by atoms with E-state index in [1.165, 1.54) is 5.56 Å². The van der Waals surface area contributed by atoms with Gasteiger partial charge in [0.1, 0.15) is 0 Å². The fraction of sp³-hybridized carbons (Fsp3) is 0.348. The molecule has 130 valence electrons. The SMILES string of the molecule is CCC(C)(C)c1ccc(C(=O)OC2(c3ccccc3)C=CCC2)cc1. The molecule has 0 saturated heterocycles. The average molecular weight is 334 g/mol. The van der Waals surface area contributed by atoms with Crippen LogP contribution in [0.2, 0.25) is 0 Å². The Balaban J connectivity index is 1.82. The molecule has 0 spiro atoms. The second-order valence-electron chi connectivity index (χ2n) is 7.40. The van der Waals surface area contributed by atoms with Crippen LogP contribution in [-0.2, 0) is 15.8 Å². The van der Waals surface area contributed by atoms with Crippen molar-refractivity contribution in [2.24, 2.45) is 0 Å². The Hall–Kier alpha value is -2.35. The summed E-state index contributed by atoms with van der Waals surface area (Å²) < 4.78 is 6.00. The van der Waals surface area contributed by atoms with Crippen molar-refractivity contribution in [3.05, 3.63) is 83.4 Å². The fourth-order valence-electron chi connectivity index (χ4n) is 3.25. The summed E-state index contributed by atoms with van der Waals surface area (Å²) >= 11 is 0. The first-order chi connectivity index (χ1) is 12.0. The van der Waals surface area contributed by atoms with E-state index in [-0.39, 0.29) is 11.4 Å². The molecule has 0 aliphatic heterocycles. The molecule has 0 heterocycles. The Morgan fingerprint density at radius 2 is 1.76 bits per heavy atom. The van der Waals surface area contributed by atoms with E-state index in [2.05, 4.69) is 26.8 Å². The third-order valence-corrected chi connectivity index (χ3v) is 5.39. The molecule has 1 aliphatic rings. The van der Waals surface area contributed by atoms with Gasteiger partial charge in [-0.15, -0.1) is 0 Å². The number of hydrogen-bond acceptors (Lipinski definition) is 2. The second kappa shape index (κ2) is 6.87. The largest absolute Gasteiger partial charge is 0.446 e. The number of carbonyl (C=O) groups excluding carboxylic acids is 1. The third kappa shape index (κ3) is 3.53. The van der Waals surface area contributed by atoms with Crippen molar-refractivity contribution < 1.29 is 9.53 Å². The number of carbonyl (C=O) groups is 1. The van der Waals surface area contributed by atoms with E-state index in [1.54, 1.807) is 0 Å². The van der Waals surface area contributed by atoms with Crippen molar-refractivity contribution in [3.8, 4) is 0 Å². The molecule has 2 heteroatoms. The topological polar surface area (TPSA) is 26.3 Å². The molecule has 0 amide bonds. The van der Waals surface area contributed by atoms with E-state index in [4.69, 9.17) is 4.74 Å². The van der Waals surface area contributed by atoms with Crippen molar-refractivity contribution in [2.75, 3.05) is 0 Å². The molecule has 0 aromatic heterocycles. The number of ether oxygens (including phenoxy) is 1. The first-order valence-corrected chi connectivity index (χ1v) is 9.04. The van der Waals surface area contributed by atoms with E-state index in [0.29, 0.717) is 5.56 Å². The Kier molecular flexibility index (Phi) is 4.80. The van der Waals surface area contributed by atoms with Crippen LogP contribution in [0.3, 0.4) is 0 Å². The van der Waals surface area contributed by atoms with Gasteiger partial charge < -0.3 is 4.74 Å². The zero-order valence-corrected chi connectivity index (χ0v) is 15.3. The minimum atomic E-state index is -0.639. The minimum Gasteiger partial charge on any atom is -0.446 e. The normalized spacial score (nSPS) is 19.8. The van der Waals surface area contributed by atoms with Crippen LogP contribution >= 0.6 is 0 Å².